The minimum Gasteiger partial charge on any atom is -0.493 e. The molecule has 3 rings (SSSR count). The molecule has 6 nitrogen and oxygen atoms in total. The normalized spacial score (nSPS) is 21.1. The van der Waals surface area contributed by atoms with Crippen LogP contribution in [-0.2, 0) is 11.3 Å². The smallest absolute Gasteiger partial charge is 0.226 e. The molecule has 1 aromatic rings. The van der Waals surface area contributed by atoms with Crippen LogP contribution in [0.4, 0.5) is 0 Å². The molecule has 28 heavy (non-hydrogen) atoms. The van der Waals surface area contributed by atoms with Gasteiger partial charge in [0.25, 0.3) is 0 Å². The summed E-state index contributed by atoms with van der Waals surface area (Å²) in [4.78, 5) is 17.5. The third-order valence-electron chi connectivity index (χ3n) is 5.95. The highest BCUT2D eigenvalue weighted by atomic mass is 16.5. The molecular formula is C22H34N2O4. The number of piperidine rings is 1. The summed E-state index contributed by atoms with van der Waals surface area (Å²) in [5, 5.41) is 0. The molecule has 1 atom stereocenters. The molecule has 0 saturated carbocycles. The number of carbonyl (C=O) groups excluding carboxylic acids is 1. The van der Waals surface area contributed by atoms with Crippen molar-refractivity contribution in [3.05, 3.63) is 17.7 Å². The van der Waals surface area contributed by atoms with Crippen molar-refractivity contribution in [1.29, 1.82) is 0 Å². The number of methoxy groups -OCH3 is 3. The van der Waals surface area contributed by atoms with E-state index in [9.17, 15) is 4.79 Å². The van der Waals surface area contributed by atoms with Gasteiger partial charge in [0, 0.05) is 31.7 Å². The molecule has 1 aromatic carbocycles. The first-order chi connectivity index (χ1) is 13.7. The van der Waals surface area contributed by atoms with Crippen LogP contribution < -0.4 is 14.2 Å². The third kappa shape index (κ3) is 4.72. The number of ether oxygens (including phenoxy) is 3. The zero-order chi connectivity index (χ0) is 19.9. The number of hydrogen-bond acceptors (Lipinski definition) is 5. The van der Waals surface area contributed by atoms with E-state index in [1.165, 1.54) is 12.8 Å². The molecule has 2 saturated heterocycles. The first-order valence-corrected chi connectivity index (χ1v) is 10.5. The van der Waals surface area contributed by atoms with Gasteiger partial charge in [-0.15, -0.1) is 0 Å². The van der Waals surface area contributed by atoms with Crippen LogP contribution >= 0.6 is 0 Å². The second-order valence-corrected chi connectivity index (χ2v) is 7.81. The van der Waals surface area contributed by atoms with Gasteiger partial charge in [0.1, 0.15) is 0 Å². The van der Waals surface area contributed by atoms with Gasteiger partial charge in [0.2, 0.25) is 11.7 Å². The number of rotatable bonds is 6. The molecule has 2 fully saturated rings. The SMILES string of the molecule is COc1ccc(CN2CCCC(C(=O)N3CCCCCC3)C2)c(OC)c1OC. The number of likely N-dealkylation sites (tertiary alicyclic amines) is 2. The number of nitrogens with zero attached hydrogens (tertiary/aromatic N) is 2. The van der Waals surface area contributed by atoms with E-state index in [-0.39, 0.29) is 5.92 Å². The second kappa shape index (κ2) is 10.0. The van der Waals surface area contributed by atoms with E-state index in [0.717, 1.165) is 64.0 Å². The summed E-state index contributed by atoms with van der Waals surface area (Å²) in [7, 11) is 4.91. The summed E-state index contributed by atoms with van der Waals surface area (Å²) in [6, 6.07) is 3.95. The van der Waals surface area contributed by atoms with Crippen LogP contribution in [-0.4, -0.2) is 63.2 Å². The molecule has 0 N–H and O–H groups in total. The van der Waals surface area contributed by atoms with E-state index in [0.29, 0.717) is 23.2 Å². The molecule has 0 bridgehead atoms. The van der Waals surface area contributed by atoms with Crippen LogP contribution in [0.5, 0.6) is 17.2 Å². The fourth-order valence-corrected chi connectivity index (χ4v) is 4.48. The Labute approximate surface area is 168 Å². The highest BCUT2D eigenvalue weighted by Gasteiger charge is 2.30. The van der Waals surface area contributed by atoms with E-state index >= 15 is 0 Å². The lowest BCUT2D eigenvalue weighted by molar-refractivity contribution is -0.137. The summed E-state index contributed by atoms with van der Waals surface area (Å²) < 4.78 is 16.5. The Hall–Kier alpha value is -1.95. The monoisotopic (exact) mass is 390 g/mol. The lowest BCUT2D eigenvalue weighted by Crippen LogP contribution is -2.44. The first kappa shape index (κ1) is 20.8. The maximum Gasteiger partial charge on any atom is 0.226 e. The Morgan fingerprint density at radius 1 is 0.929 bits per heavy atom. The van der Waals surface area contributed by atoms with Crippen LogP contribution in [0.15, 0.2) is 12.1 Å². The summed E-state index contributed by atoms with van der Waals surface area (Å²) in [6.45, 7) is 4.42. The van der Waals surface area contributed by atoms with Gasteiger partial charge in [-0.2, -0.15) is 0 Å². The minimum absolute atomic E-state index is 0.109. The van der Waals surface area contributed by atoms with Gasteiger partial charge >= 0.3 is 0 Å². The van der Waals surface area contributed by atoms with Crippen LogP contribution in [0.3, 0.4) is 0 Å². The van der Waals surface area contributed by atoms with Crippen LogP contribution in [0.25, 0.3) is 0 Å². The summed E-state index contributed by atoms with van der Waals surface area (Å²) in [5.41, 5.74) is 1.06. The van der Waals surface area contributed by atoms with Crippen molar-refractivity contribution in [2.24, 2.45) is 5.92 Å². The Morgan fingerprint density at radius 3 is 2.29 bits per heavy atom. The molecule has 0 aliphatic carbocycles. The topological polar surface area (TPSA) is 51.2 Å². The fraction of sp³-hybridized carbons (Fsp3) is 0.682. The summed E-state index contributed by atoms with van der Waals surface area (Å²) in [5.74, 6) is 2.46. The third-order valence-corrected chi connectivity index (χ3v) is 5.95. The van der Waals surface area contributed by atoms with E-state index in [4.69, 9.17) is 14.2 Å². The Bertz CT molecular complexity index is 656. The van der Waals surface area contributed by atoms with Crippen LogP contribution in [0.1, 0.15) is 44.1 Å². The molecule has 1 amide bonds. The predicted octanol–water partition coefficient (Wildman–Crippen LogP) is 3.33. The van der Waals surface area contributed by atoms with Gasteiger partial charge < -0.3 is 19.1 Å². The van der Waals surface area contributed by atoms with Gasteiger partial charge in [-0.05, 0) is 38.3 Å². The Kier molecular flexibility index (Phi) is 7.43. The average molecular weight is 391 g/mol. The van der Waals surface area contributed by atoms with Gasteiger partial charge in [-0.1, -0.05) is 18.9 Å². The number of amides is 1. The average Bonchev–Trinajstić information content (AvgIpc) is 3.02. The van der Waals surface area contributed by atoms with Crippen molar-refractivity contribution < 1.29 is 19.0 Å². The second-order valence-electron chi connectivity index (χ2n) is 7.81. The van der Waals surface area contributed by atoms with Gasteiger partial charge in [0.15, 0.2) is 11.5 Å². The molecule has 2 heterocycles. The number of carbonyl (C=O) groups is 1. The molecule has 156 valence electrons. The molecular weight excluding hydrogens is 356 g/mol. The highest BCUT2D eigenvalue weighted by Crippen LogP contribution is 2.40. The zero-order valence-electron chi connectivity index (χ0n) is 17.5. The zero-order valence-corrected chi connectivity index (χ0v) is 17.5. The molecule has 0 spiro atoms. The summed E-state index contributed by atoms with van der Waals surface area (Å²) in [6.07, 6.45) is 6.84. The van der Waals surface area contributed by atoms with Gasteiger partial charge in [-0.25, -0.2) is 0 Å². The molecule has 2 aliphatic rings. The van der Waals surface area contributed by atoms with E-state index in [1.807, 2.05) is 12.1 Å². The fourth-order valence-electron chi connectivity index (χ4n) is 4.48. The number of hydrogen-bond donors (Lipinski definition) is 0. The van der Waals surface area contributed by atoms with E-state index < -0.39 is 0 Å². The molecule has 0 radical (unpaired) electrons. The first-order valence-electron chi connectivity index (χ1n) is 10.5. The van der Waals surface area contributed by atoms with Crippen molar-refractivity contribution >= 4 is 5.91 Å². The van der Waals surface area contributed by atoms with Gasteiger partial charge in [-0.3, -0.25) is 9.69 Å². The molecule has 2 aliphatic heterocycles. The molecule has 1 unspecified atom stereocenters. The summed E-state index contributed by atoms with van der Waals surface area (Å²) >= 11 is 0. The largest absolute Gasteiger partial charge is 0.493 e. The van der Waals surface area contributed by atoms with Crippen molar-refractivity contribution in [2.75, 3.05) is 47.5 Å². The minimum atomic E-state index is 0.109. The van der Waals surface area contributed by atoms with E-state index in [1.54, 1.807) is 21.3 Å². The van der Waals surface area contributed by atoms with Crippen LogP contribution in [0, 0.1) is 5.92 Å². The highest BCUT2D eigenvalue weighted by molar-refractivity contribution is 5.79. The van der Waals surface area contributed by atoms with Crippen molar-refractivity contribution in [1.82, 2.24) is 9.80 Å². The maximum absolute atomic E-state index is 13.0. The lowest BCUT2D eigenvalue weighted by Gasteiger charge is -2.35. The van der Waals surface area contributed by atoms with Crippen molar-refractivity contribution in [2.45, 2.75) is 45.1 Å². The maximum atomic E-state index is 13.0. The van der Waals surface area contributed by atoms with E-state index in [2.05, 4.69) is 9.80 Å². The Morgan fingerprint density at radius 2 is 1.64 bits per heavy atom. The molecule has 6 heteroatoms. The van der Waals surface area contributed by atoms with Crippen molar-refractivity contribution in [3.63, 3.8) is 0 Å². The quantitative estimate of drug-likeness (QED) is 0.746. The van der Waals surface area contributed by atoms with Crippen LogP contribution in [0.2, 0.25) is 0 Å². The molecule has 0 aromatic heterocycles. The lowest BCUT2D eigenvalue weighted by atomic mass is 9.95. The van der Waals surface area contributed by atoms with Crippen molar-refractivity contribution in [3.8, 4) is 17.2 Å². The predicted molar refractivity (Wildman–Crippen MR) is 109 cm³/mol. The standard InChI is InChI=1S/C22H34N2O4/c1-26-19-11-10-17(20(27-2)21(19)28-3)15-23-12-8-9-18(16-23)22(25)24-13-6-4-5-7-14-24/h10-11,18H,4-9,12-16H2,1-3H3. The van der Waals surface area contributed by atoms with Gasteiger partial charge in [0.05, 0.1) is 27.2 Å². The Balaban J connectivity index is 1.69. The number of benzene rings is 1.